The Hall–Kier alpha value is -1.40. The van der Waals surface area contributed by atoms with Gasteiger partial charge < -0.3 is 5.32 Å². The van der Waals surface area contributed by atoms with Gasteiger partial charge in [-0.25, -0.2) is 8.42 Å². The number of carbonyl (C=O) groups excluding carboxylic acids is 1. The third-order valence-corrected chi connectivity index (χ3v) is 3.86. The Labute approximate surface area is 101 Å². The highest BCUT2D eigenvalue weighted by Gasteiger charge is 2.20. The van der Waals surface area contributed by atoms with E-state index in [0.29, 0.717) is 0 Å². The lowest BCUT2D eigenvalue weighted by Crippen LogP contribution is -2.43. The van der Waals surface area contributed by atoms with Crippen molar-refractivity contribution in [1.29, 1.82) is 0 Å². The summed E-state index contributed by atoms with van der Waals surface area (Å²) in [7, 11) is -2.18. The van der Waals surface area contributed by atoms with Crippen molar-refractivity contribution < 1.29 is 13.2 Å². The second kappa shape index (κ2) is 5.29. The summed E-state index contributed by atoms with van der Waals surface area (Å²) in [6, 6.07) is 5.63. The summed E-state index contributed by atoms with van der Waals surface area (Å²) in [5.41, 5.74) is 0.975. The lowest BCUT2D eigenvalue weighted by molar-refractivity contribution is -0.121. The average Bonchev–Trinajstić information content (AvgIpc) is 2.27. The van der Waals surface area contributed by atoms with Crippen LogP contribution in [0, 0.1) is 6.92 Å². The molecule has 0 aliphatic rings. The largest absolute Gasteiger partial charge is 0.358 e. The first kappa shape index (κ1) is 13.7. The molecule has 0 saturated carbocycles. The van der Waals surface area contributed by atoms with Crippen molar-refractivity contribution in [2.24, 2.45) is 0 Å². The van der Waals surface area contributed by atoms with Crippen LogP contribution in [-0.2, 0) is 14.8 Å². The molecule has 1 rings (SSSR count). The summed E-state index contributed by atoms with van der Waals surface area (Å²) in [5, 5.41) is 2.38. The molecule has 0 unspecified atom stereocenters. The lowest BCUT2D eigenvalue weighted by Gasteiger charge is -2.12. The molecule has 6 heteroatoms. The third-order valence-electron chi connectivity index (χ3n) is 2.30. The van der Waals surface area contributed by atoms with Gasteiger partial charge in [-0.15, -0.1) is 0 Å². The number of likely N-dealkylation sites (N-methyl/N-ethyl adjacent to an activating group) is 1. The van der Waals surface area contributed by atoms with E-state index < -0.39 is 16.1 Å². The van der Waals surface area contributed by atoms with Crippen molar-refractivity contribution in [3.05, 3.63) is 29.8 Å². The van der Waals surface area contributed by atoms with Crippen molar-refractivity contribution >= 4 is 15.9 Å². The number of rotatable bonds is 4. The Kier molecular flexibility index (Phi) is 4.25. The highest BCUT2D eigenvalue weighted by molar-refractivity contribution is 7.89. The van der Waals surface area contributed by atoms with Crippen LogP contribution in [-0.4, -0.2) is 27.4 Å². The highest BCUT2D eigenvalue weighted by atomic mass is 32.2. The zero-order valence-electron chi connectivity index (χ0n) is 10.0. The van der Waals surface area contributed by atoms with Crippen LogP contribution >= 0.6 is 0 Å². The first-order valence-corrected chi connectivity index (χ1v) is 6.65. The molecule has 1 aromatic rings. The maximum Gasteiger partial charge on any atom is 0.241 e. The van der Waals surface area contributed by atoms with Gasteiger partial charge >= 0.3 is 0 Å². The van der Waals surface area contributed by atoms with Crippen LogP contribution in [0.3, 0.4) is 0 Å². The fourth-order valence-electron chi connectivity index (χ4n) is 1.29. The standard InChI is InChI=1S/C11H16N2O3S/c1-8-4-6-10(7-5-8)17(15,16)13-9(2)11(14)12-3/h4-7,9,13H,1-3H3,(H,12,14)/t9-/m1/s1. The summed E-state index contributed by atoms with van der Waals surface area (Å²) in [6.07, 6.45) is 0. The Balaban J connectivity index is 2.89. The molecule has 17 heavy (non-hydrogen) atoms. The second-order valence-corrected chi connectivity index (χ2v) is 5.48. The maximum atomic E-state index is 11.9. The Morgan fingerprint density at radius 2 is 1.76 bits per heavy atom. The number of amides is 1. The van der Waals surface area contributed by atoms with E-state index >= 15 is 0 Å². The number of benzene rings is 1. The van der Waals surface area contributed by atoms with E-state index in [1.807, 2.05) is 6.92 Å². The maximum absolute atomic E-state index is 11.9. The fraction of sp³-hybridized carbons (Fsp3) is 0.364. The van der Waals surface area contributed by atoms with Crippen molar-refractivity contribution in [3.8, 4) is 0 Å². The predicted molar refractivity (Wildman–Crippen MR) is 65.0 cm³/mol. The molecule has 0 aliphatic heterocycles. The van der Waals surface area contributed by atoms with Crippen molar-refractivity contribution in [2.75, 3.05) is 7.05 Å². The van der Waals surface area contributed by atoms with Gasteiger partial charge in [0.1, 0.15) is 0 Å². The number of hydrogen-bond donors (Lipinski definition) is 2. The Morgan fingerprint density at radius 1 is 1.24 bits per heavy atom. The lowest BCUT2D eigenvalue weighted by atomic mass is 10.2. The molecular formula is C11H16N2O3S. The van der Waals surface area contributed by atoms with Crippen LogP contribution in [0.2, 0.25) is 0 Å². The second-order valence-electron chi connectivity index (χ2n) is 3.77. The van der Waals surface area contributed by atoms with Crippen molar-refractivity contribution in [1.82, 2.24) is 10.0 Å². The summed E-state index contributed by atoms with van der Waals surface area (Å²) < 4.78 is 26.1. The van der Waals surface area contributed by atoms with Crippen LogP contribution in [0.1, 0.15) is 12.5 Å². The molecule has 1 amide bonds. The molecule has 2 N–H and O–H groups in total. The van der Waals surface area contributed by atoms with Crippen molar-refractivity contribution in [3.63, 3.8) is 0 Å². The molecule has 5 nitrogen and oxygen atoms in total. The minimum Gasteiger partial charge on any atom is -0.358 e. The average molecular weight is 256 g/mol. The predicted octanol–water partition coefficient (Wildman–Crippen LogP) is 0.408. The van der Waals surface area contributed by atoms with Gasteiger partial charge in [0.15, 0.2) is 0 Å². The van der Waals surface area contributed by atoms with Gasteiger partial charge in [0, 0.05) is 7.05 Å². The van der Waals surface area contributed by atoms with Gasteiger partial charge in [-0.05, 0) is 26.0 Å². The molecule has 0 heterocycles. The Bertz CT molecular complexity index is 494. The van der Waals surface area contributed by atoms with E-state index in [-0.39, 0.29) is 10.8 Å². The summed E-state index contributed by atoms with van der Waals surface area (Å²) in [5.74, 6) is -0.374. The van der Waals surface area contributed by atoms with Crippen LogP contribution < -0.4 is 10.0 Å². The molecule has 1 atom stereocenters. The molecule has 0 radical (unpaired) electrons. The summed E-state index contributed by atoms with van der Waals surface area (Å²) >= 11 is 0. The molecule has 0 aliphatic carbocycles. The SMILES string of the molecule is CNC(=O)[C@@H](C)NS(=O)(=O)c1ccc(C)cc1. The van der Waals surface area contributed by atoms with Crippen LogP contribution in [0.25, 0.3) is 0 Å². The van der Waals surface area contributed by atoms with Gasteiger partial charge in [-0.1, -0.05) is 17.7 Å². The quantitative estimate of drug-likeness (QED) is 0.819. The minimum absolute atomic E-state index is 0.152. The third kappa shape index (κ3) is 3.54. The molecule has 0 bridgehead atoms. The molecule has 1 aromatic carbocycles. The normalized spacial score (nSPS) is 13.1. The van der Waals surface area contributed by atoms with E-state index in [1.54, 1.807) is 12.1 Å². The molecule has 0 aromatic heterocycles. The number of carbonyl (C=O) groups is 1. The van der Waals surface area contributed by atoms with Gasteiger partial charge in [-0.2, -0.15) is 4.72 Å². The van der Waals surface area contributed by atoms with Crippen LogP contribution in [0.4, 0.5) is 0 Å². The van der Waals surface area contributed by atoms with Gasteiger partial charge in [0.2, 0.25) is 15.9 Å². The van der Waals surface area contributed by atoms with Crippen LogP contribution in [0.5, 0.6) is 0 Å². The van der Waals surface area contributed by atoms with Gasteiger partial charge in [-0.3, -0.25) is 4.79 Å². The topological polar surface area (TPSA) is 75.3 Å². The highest BCUT2D eigenvalue weighted by Crippen LogP contribution is 2.10. The van der Waals surface area contributed by atoms with E-state index in [0.717, 1.165) is 5.56 Å². The van der Waals surface area contributed by atoms with Gasteiger partial charge in [0.05, 0.1) is 10.9 Å². The zero-order valence-corrected chi connectivity index (χ0v) is 10.8. The zero-order chi connectivity index (χ0) is 13.1. The number of sulfonamides is 1. The van der Waals surface area contributed by atoms with Crippen LogP contribution in [0.15, 0.2) is 29.2 Å². The monoisotopic (exact) mass is 256 g/mol. The first-order valence-electron chi connectivity index (χ1n) is 5.17. The summed E-state index contributed by atoms with van der Waals surface area (Å²) in [6.45, 7) is 3.36. The van der Waals surface area contributed by atoms with E-state index in [1.165, 1.54) is 26.1 Å². The van der Waals surface area contributed by atoms with Gasteiger partial charge in [0.25, 0.3) is 0 Å². The minimum atomic E-state index is -3.64. The van der Waals surface area contributed by atoms with E-state index in [9.17, 15) is 13.2 Å². The molecule has 0 spiro atoms. The molecular weight excluding hydrogens is 240 g/mol. The molecule has 0 saturated heterocycles. The van der Waals surface area contributed by atoms with Crippen molar-refractivity contribution in [2.45, 2.75) is 24.8 Å². The van der Waals surface area contributed by atoms with E-state index in [4.69, 9.17) is 0 Å². The summed E-state index contributed by atoms with van der Waals surface area (Å²) in [4.78, 5) is 11.4. The number of nitrogens with one attached hydrogen (secondary N) is 2. The fourth-order valence-corrected chi connectivity index (χ4v) is 2.49. The number of aryl methyl sites for hydroxylation is 1. The first-order chi connectivity index (χ1) is 7.86. The molecule has 0 fully saturated rings. The smallest absolute Gasteiger partial charge is 0.241 e. The van der Waals surface area contributed by atoms with E-state index in [2.05, 4.69) is 10.0 Å². The Morgan fingerprint density at radius 3 is 2.24 bits per heavy atom. The molecule has 94 valence electrons. The number of hydrogen-bond acceptors (Lipinski definition) is 3.